The summed E-state index contributed by atoms with van der Waals surface area (Å²) in [5.41, 5.74) is 0. The van der Waals surface area contributed by atoms with E-state index in [0.717, 1.165) is 19.4 Å². The molecule has 0 saturated carbocycles. The van der Waals surface area contributed by atoms with Gasteiger partial charge in [-0.25, -0.2) is 0 Å². The Balaban J connectivity index is 1.91. The van der Waals surface area contributed by atoms with Crippen LogP contribution < -0.4 is 0 Å². The van der Waals surface area contributed by atoms with Crippen molar-refractivity contribution in [3.05, 3.63) is 11.7 Å². The molecular formula is C10H16N2O3. The average molecular weight is 212 g/mol. The molecule has 0 spiro atoms. The molecule has 0 bridgehead atoms. The minimum absolute atomic E-state index is 0.195. The van der Waals surface area contributed by atoms with E-state index in [4.69, 9.17) is 9.26 Å². The minimum atomic E-state index is -0.672. The number of hydrogen-bond donors (Lipinski definition) is 1. The Morgan fingerprint density at radius 1 is 1.53 bits per heavy atom. The van der Waals surface area contributed by atoms with Gasteiger partial charge in [-0.1, -0.05) is 5.16 Å². The van der Waals surface area contributed by atoms with Gasteiger partial charge in [0.1, 0.15) is 6.10 Å². The highest BCUT2D eigenvalue weighted by molar-refractivity contribution is 4.90. The van der Waals surface area contributed by atoms with Gasteiger partial charge in [0.05, 0.1) is 12.5 Å². The van der Waals surface area contributed by atoms with Gasteiger partial charge in [0, 0.05) is 6.61 Å². The third-order valence-corrected chi connectivity index (χ3v) is 2.53. The zero-order valence-electron chi connectivity index (χ0n) is 8.85. The molecule has 5 nitrogen and oxygen atoms in total. The number of aromatic nitrogens is 2. The summed E-state index contributed by atoms with van der Waals surface area (Å²) in [6, 6.07) is 0. The summed E-state index contributed by atoms with van der Waals surface area (Å²) in [7, 11) is 0. The van der Waals surface area contributed by atoms with Gasteiger partial charge < -0.3 is 14.4 Å². The van der Waals surface area contributed by atoms with E-state index in [0.29, 0.717) is 18.1 Å². The molecule has 2 atom stereocenters. The second-order valence-electron chi connectivity index (χ2n) is 3.91. The number of hydrogen-bond acceptors (Lipinski definition) is 5. The number of nitrogens with zero attached hydrogens (tertiary/aromatic N) is 2. The monoisotopic (exact) mass is 212 g/mol. The highest BCUT2D eigenvalue weighted by atomic mass is 16.5. The molecule has 1 aromatic heterocycles. The van der Waals surface area contributed by atoms with Crippen molar-refractivity contribution in [1.29, 1.82) is 0 Å². The summed E-state index contributed by atoms with van der Waals surface area (Å²) in [6.07, 6.45) is 3.56. The van der Waals surface area contributed by atoms with E-state index >= 15 is 0 Å². The lowest BCUT2D eigenvalue weighted by atomic mass is 10.1. The first-order valence-corrected chi connectivity index (χ1v) is 5.38. The van der Waals surface area contributed by atoms with E-state index in [9.17, 15) is 5.11 Å². The van der Waals surface area contributed by atoms with Crippen LogP contribution in [0.4, 0.5) is 0 Å². The molecule has 1 N–H and O–H groups in total. The van der Waals surface area contributed by atoms with Gasteiger partial charge >= 0.3 is 0 Å². The normalized spacial score (nSPS) is 24.0. The summed E-state index contributed by atoms with van der Waals surface area (Å²) >= 11 is 0. The van der Waals surface area contributed by atoms with E-state index in [1.165, 1.54) is 6.42 Å². The zero-order chi connectivity index (χ0) is 10.7. The van der Waals surface area contributed by atoms with E-state index in [2.05, 4.69) is 10.1 Å². The Bertz CT molecular complexity index is 305. The molecule has 1 aliphatic heterocycles. The fourth-order valence-corrected chi connectivity index (χ4v) is 1.68. The molecule has 0 aliphatic carbocycles. The molecule has 84 valence electrons. The van der Waals surface area contributed by atoms with Gasteiger partial charge in [-0.15, -0.1) is 0 Å². The number of ether oxygens (including phenoxy) is 1. The molecule has 2 heterocycles. The topological polar surface area (TPSA) is 68.4 Å². The van der Waals surface area contributed by atoms with Crippen LogP contribution in [0.3, 0.4) is 0 Å². The van der Waals surface area contributed by atoms with Crippen molar-refractivity contribution >= 4 is 0 Å². The molecule has 0 aromatic carbocycles. The smallest absolute Gasteiger partial charge is 0.229 e. The van der Waals surface area contributed by atoms with Crippen LogP contribution in [0.15, 0.2) is 4.52 Å². The lowest BCUT2D eigenvalue weighted by Gasteiger charge is -2.20. The predicted octanol–water partition coefficient (Wildman–Crippen LogP) is 1.23. The van der Waals surface area contributed by atoms with Crippen molar-refractivity contribution in [3.8, 4) is 0 Å². The van der Waals surface area contributed by atoms with Crippen molar-refractivity contribution in [2.75, 3.05) is 6.61 Å². The van der Waals surface area contributed by atoms with Crippen molar-refractivity contribution in [2.24, 2.45) is 0 Å². The lowest BCUT2D eigenvalue weighted by Crippen LogP contribution is -2.21. The van der Waals surface area contributed by atoms with E-state index < -0.39 is 6.10 Å². The molecule has 2 unspecified atom stereocenters. The second-order valence-corrected chi connectivity index (χ2v) is 3.91. The Hall–Kier alpha value is -0.940. The fraction of sp³-hybridized carbons (Fsp3) is 0.800. The van der Waals surface area contributed by atoms with Gasteiger partial charge in [-0.2, -0.15) is 4.98 Å². The van der Waals surface area contributed by atoms with Crippen LogP contribution in [-0.2, 0) is 11.2 Å². The first-order chi connectivity index (χ1) is 7.25. The van der Waals surface area contributed by atoms with Gasteiger partial charge in [0.25, 0.3) is 0 Å². The molecule has 0 amide bonds. The van der Waals surface area contributed by atoms with Crippen molar-refractivity contribution < 1.29 is 14.4 Å². The van der Waals surface area contributed by atoms with Crippen LogP contribution in [0.2, 0.25) is 0 Å². The largest absolute Gasteiger partial charge is 0.385 e. The van der Waals surface area contributed by atoms with Crippen molar-refractivity contribution in [1.82, 2.24) is 10.1 Å². The predicted molar refractivity (Wildman–Crippen MR) is 52.2 cm³/mol. The molecule has 0 radical (unpaired) electrons. The standard InChI is InChI=1S/C10H16N2O3/c1-7(13)10-11-9(15-12-10)6-8-4-2-3-5-14-8/h7-8,13H,2-6H2,1H3. The molecule has 1 aromatic rings. The van der Waals surface area contributed by atoms with Crippen LogP contribution in [0, 0.1) is 0 Å². The van der Waals surface area contributed by atoms with Crippen LogP contribution in [0.5, 0.6) is 0 Å². The highest BCUT2D eigenvalue weighted by Gasteiger charge is 2.18. The van der Waals surface area contributed by atoms with E-state index in [1.54, 1.807) is 6.92 Å². The Labute approximate surface area is 88.4 Å². The maximum Gasteiger partial charge on any atom is 0.229 e. The molecular weight excluding hydrogens is 196 g/mol. The summed E-state index contributed by atoms with van der Waals surface area (Å²) in [6.45, 7) is 2.44. The van der Waals surface area contributed by atoms with Gasteiger partial charge in [0.15, 0.2) is 5.82 Å². The maximum absolute atomic E-state index is 9.23. The van der Waals surface area contributed by atoms with Crippen molar-refractivity contribution in [2.45, 2.75) is 44.8 Å². The summed E-state index contributed by atoms with van der Waals surface area (Å²) in [4.78, 5) is 4.10. The zero-order valence-corrected chi connectivity index (χ0v) is 8.85. The molecule has 1 aliphatic rings. The third kappa shape index (κ3) is 2.76. The van der Waals surface area contributed by atoms with Crippen LogP contribution in [0.25, 0.3) is 0 Å². The van der Waals surface area contributed by atoms with Gasteiger partial charge in [-0.05, 0) is 26.2 Å². The molecule has 1 fully saturated rings. The van der Waals surface area contributed by atoms with Crippen LogP contribution >= 0.6 is 0 Å². The first-order valence-electron chi connectivity index (χ1n) is 5.38. The lowest BCUT2D eigenvalue weighted by molar-refractivity contribution is 0.0124. The number of aliphatic hydroxyl groups excluding tert-OH is 1. The van der Waals surface area contributed by atoms with Gasteiger partial charge in [-0.3, -0.25) is 0 Å². The Morgan fingerprint density at radius 3 is 3.00 bits per heavy atom. The molecule has 1 saturated heterocycles. The molecule has 15 heavy (non-hydrogen) atoms. The average Bonchev–Trinajstić information content (AvgIpc) is 2.68. The molecule has 2 rings (SSSR count). The summed E-state index contributed by atoms with van der Waals surface area (Å²) < 4.78 is 10.6. The summed E-state index contributed by atoms with van der Waals surface area (Å²) in [5.74, 6) is 0.901. The van der Waals surface area contributed by atoms with Crippen LogP contribution in [-0.4, -0.2) is 28.0 Å². The minimum Gasteiger partial charge on any atom is -0.385 e. The van der Waals surface area contributed by atoms with Crippen molar-refractivity contribution in [3.63, 3.8) is 0 Å². The highest BCUT2D eigenvalue weighted by Crippen LogP contribution is 2.17. The SMILES string of the molecule is CC(O)c1noc(CC2CCCCO2)n1. The fourth-order valence-electron chi connectivity index (χ4n) is 1.68. The third-order valence-electron chi connectivity index (χ3n) is 2.53. The number of aliphatic hydroxyl groups is 1. The van der Waals surface area contributed by atoms with E-state index in [1.807, 2.05) is 0 Å². The maximum atomic E-state index is 9.23. The second kappa shape index (κ2) is 4.72. The Kier molecular flexibility index (Phi) is 3.33. The van der Waals surface area contributed by atoms with Crippen LogP contribution in [0.1, 0.15) is 44.0 Å². The number of rotatable bonds is 3. The Morgan fingerprint density at radius 2 is 2.40 bits per heavy atom. The van der Waals surface area contributed by atoms with E-state index in [-0.39, 0.29) is 6.10 Å². The quantitative estimate of drug-likeness (QED) is 0.816. The molecule has 5 heteroatoms. The van der Waals surface area contributed by atoms with Gasteiger partial charge in [0.2, 0.25) is 5.89 Å². The first kappa shape index (κ1) is 10.6. The summed E-state index contributed by atoms with van der Waals surface area (Å²) in [5, 5.41) is 12.9.